The summed E-state index contributed by atoms with van der Waals surface area (Å²) in [6, 6.07) is 3.44. The minimum atomic E-state index is -0.510. The highest BCUT2D eigenvalue weighted by atomic mass is 16.5. The third-order valence-corrected chi connectivity index (χ3v) is 3.52. The Labute approximate surface area is 118 Å². The van der Waals surface area contributed by atoms with Gasteiger partial charge in [0.25, 0.3) is 0 Å². The predicted octanol–water partition coefficient (Wildman–Crippen LogP) is 2.03. The van der Waals surface area contributed by atoms with Gasteiger partial charge in [-0.05, 0) is 37.8 Å². The Morgan fingerprint density at radius 3 is 2.90 bits per heavy atom. The molecule has 0 spiro atoms. The molecular weight excluding hydrogens is 260 g/mol. The first-order chi connectivity index (χ1) is 9.52. The number of hydrogen-bond donors (Lipinski definition) is 2. The third-order valence-electron chi connectivity index (χ3n) is 3.52. The van der Waals surface area contributed by atoms with Gasteiger partial charge in [0.15, 0.2) is 11.5 Å². The maximum Gasteiger partial charge on any atom is 0.342 e. The second-order valence-corrected chi connectivity index (χ2v) is 5.16. The van der Waals surface area contributed by atoms with Gasteiger partial charge in [0.1, 0.15) is 11.7 Å². The highest BCUT2D eigenvalue weighted by Crippen LogP contribution is 2.36. The van der Waals surface area contributed by atoms with Crippen molar-refractivity contribution in [3.05, 3.63) is 23.3 Å². The smallest absolute Gasteiger partial charge is 0.342 e. The molecule has 0 radical (unpaired) electrons. The molecule has 0 saturated heterocycles. The van der Waals surface area contributed by atoms with Crippen molar-refractivity contribution < 1.29 is 24.5 Å². The zero-order valence-electron chi connectivity index (χ0n) is 11.8. The van der Waals surface area contributed by atoms with Crippen LogP contribution < -0.4 is 4.74 Å². The van der Waals surface area contributed by atoms with E-state index in [0.29, 0.717) is 19.3 Å². The van der Waals surface area contributed by atoms with Gasteiger partial charge in [-0.25, -0.2) is 4.79 Å². The first-order valence-electron chi connectivity index (χ1n) is 6.80. The summed E-state index contributed by atoms with van der Waals surface area (Å²) in [6.07, 6.45) is 2.25. The molecule has 1 aliphatic heterocycles. The monoisotopic (exact) mass is 280 g/mol. The van der Waals surface area contributed by atoms with Crippen molar-refractivity contribution >= 4 is 5.97 Å². The van der Waals surface area contributed by atoms with Crippen molar-refractivity contribution in [1.29, 1.82) is 0 Å². The number of hydrogen-bond acceptors (Lipinski definition) is 5. The maximum atomic E-state index is 12.0. The van der Waals surface area contributed by atoms with Gasteiger partial charge in [0, 0.05) is 6.42 Å². The van der Waals surface area contributed by atoms with Gasteiger partial charge in [-0.3, -0.25) is 0 Å². The molecule has 0 unspecified atom stereocenters. The van der Waals surface area contributed by atoms with Gasteiger partial charge in [0.05, 0.1) is 13.2 Å². The summed E-state index contributed by atoms with van der Waals surface area (Å²) in [7, 11) is 1.44. The standard InChI is InChI=1S/C15H20O5/c1-9(16)4-3-5-11-8-10-6-7-12(19-2)14(17)13(10)15(18)20-11/h6-7,9,11,16-17H,3-5,8H2,1-2H3/t9-,11+/m1/s1. The highest BCUT2D eigenvalue weighted by Gasteiger charge is 2.30. The first kappa shape index (κ1) is 14.7. The summed E-state index contributed by atoms with van der Waals surface area (Å²) in [5, 5.41) is 19.2. The number of cyclic esters (lactones) is 1. The number of benzene rings is 1. The van der Waals surface area contributed by atoms with Crippen LogP contribution in [0.4, 0.5) is 0 Å². The zero-order valence-corrected chi connectivity index (χ0v) is 11.8. The Balaban J connectivity index is 2.11. The number of carbonyl (C=O) groups excluding carboxylic acids is 1. The molecule has 0 fully saturated rings. The molecule has 0 saturated carbocycles. The van der Waals surface area contributed by atoms with E-state index in [2.05, 4.69) is 0 Å². The van der Waals surface area contributed by atoms with E-state index in [1.807, 2.05) is 0 Å². The summed E-state index contributed by atoms with van der Waals surface area (Å²) < 4.78 is 10.3. The SMILES string of the molecule is COc1ccc2c(c1O)C(=O)O[C@@H](CCC[C@@H](C)O)C2. The molecule has 1 aliphatic rings. The van der Waals surface area contributed by atoms with E-state index >= 15 is 0 Å². The van der Waals surface area contributed by atoms with Gasteiger partial charge in [-0.2, -0.15) is 0 Å². The van der Waals surface area contributed by atoms with Crippen molar-refractivity contribution in [1.82, 2.24) is 0 Å². The molecule has 5 nitrogen and oxygen atoms in total. The lowest BCUT2D eigenvalue weighted by molar-refractivity contribution is 0.0220. The second-order valence-electron chi connectivity index (χ2n) is 5.16. The molecular formula is C15H20O5. The van der Waals surface area contributed by atoms with Gasteiger partial charge in [-0.1, -0.05) is 6.07 Å². The third kappa shape index (κ3) is 3.04. The van der Waals surface area contributed by atoms with E-state index in [1.54, 1.807) is 19.1 Å². The molecule has 20 heavy (non-hydrogen) atoms. The Hall–Kier alpha value is -1.75. The summed E-state index contributed by atoms with van der Waals surface area (Å²) in [5.41, 5.74) is 0.984. The van der Waals surface area contributed by atoms with E-state index in [1.165, 1.54) is 7.11 Å². The molecule has 1 aromatic rings. The van der Waals surface area contributed by atoms with E-state index in [4.69, 9.17) is 9.47 Å². The van der Waals surface area contributed by atoms with Crippen LogP contribution in [0.1, 0.15) is 42.1 Å². The number of esters is 1. The summed E-state index contributed by atoms with van der Waals surface area (Å²) >= 11 is 0. The molecule has 5 heteroatoms. The first-order valence-corrected chi connectivity index (χ1v) is 6.80. The van der Waals surface area contributed by atoms with Crippen molar-refractivity contribution in [2.45, 2.75) is 44.8 Å². The van der Waals surface area contributed by atoms with Crippen LogP contribution >= 0.6 is 0 Å². The number of aliphatic hydroxyl groups excluding tert-OH is 1. The van der Waals surface area contributed by atoms with Crippen LogP contribution in [0.5, 0.6) is 11.5 Å². The molecule has 2 N–H and O–H groups in total. The van der Waals surface area contributed by atoms with E-state index in [9.17, 15) is 15.0 Å². The van der Waals surface area contributed by atoms with Gasteiger partial charge in [0.2, 0.25) is 0 Å². The molecule has 0 amide bonds. The average Bonchev–Trinajstić information content (AvgIpc) is 2.38. The van der Waals surface area contributed by atoms with Crippen molar-refractivity contribution in [2.24, 2.45) is 0 Å². The van der Waals surface area contributed by atoms with Crippen LogP contribution in [0.25, 0.3) is 0 Å². The second kappa shape index (κ2) is 6.13. The largest absolute Gasteiger partial charge is 0.504 e. The molecule has 1 heterocycles. The Morgan fingerprint density at radius 2 is 2.25 bits per heavy atom. The van der Waals surface area contributed by atoms with Crippen LogP contribution in [-0.4, -0.2) is 35.5 Å². The normalized spacial score (nSPS) is 19.1. The van der Waals surface area contributed by atoms with Crippen LogP contribution in [0, 0.1) is 0 Å². The van der Waals surface area contributed by atoms with Crippen molar-refractivity contribution in [2.75, 3.05) is 7.11 Å². The number of carbonyl (C=O) groups is 1. The summed E-state index contributed by atoms with van der Waals surface area (Å²) in [6.45, 7) is 1.74. The lowest BCUT2D eigenvalue weighted by atomic mass is 9.94. The van der Waals surface area contributed by atoms with Crippen LogP contribution in [0.3, 0.4) is 0 Å². The molecule has 0 aliphatic carbocycles. The van der Waals surface area contributed by atoms with Crippen LogP contribution in [0.2, 0.25) is 0 Å². The maximum absolute atomic E-state index is 12.0. The number of methoxy groups -OCH3 is 1. The summed E-state index contributed by atoms with van der Waals surface area (Å²) in [5.74, 6) is -0.393. The molecule has 110 valence electrons. The number of phenolic OH excluding ortho intramolecular Hbond substituents is 1. The van der Waals surface area contributed by atoms with E-state index in [-0.39, 0.29) is 29.3 Å². The van der Waals surface area contributed by atoms with E-state index < -0.39 is 5.97 Å². The molecule has 0 bridgehead atoms. The number of phenols is 1. The minimum absolute atomic E-state index is 0.155. The molecule has 0 aromatic heterocycles. The van der Waals surface area contributed by atoms with Crippen molar-refractivity contribution in [3.8, 4) is 11.5 Å². The highest BCUT2D eigenvalue weighted by molar-refractivity contribution is 5.96. The fourth-order valence-corrected chi connectivity index (χ4v) is 2.48. The van der Waals surface area contributed by atoms with E-state index in [0.717, 1.165) is 12.0 Å². The lowest BCUT2D eigenvalue weighted by Gasteiger charge is -2.25. The van der Waals surface area contributed by atoms with Gasteiger partial charge >= 0.3 is 5.97 Å². The summed E-state index contributed by atoms with van der Waals surface area (Å²) in [4.78, 5) is 12.0. The number of aromatic hydroxyl groups is 1. The Kier molecular flexibility index (Phi) is 4.49. The minimum Gasteiger partial charge on any atom is -0.504 e. The predicted molar refractivity (Wildman–Crippen MR) is 73.1 cm³/mol. The fourth-order valence-electron chi connectivity index (χ4n) is 2.48. The quantitative estimate of drug-likeness (QED) is 0.807. The van der Waals surface area contributed by atoms with Gasteiger partial charge in [-0.15, -0.1) is 0 Å². The van der Waals surface area contributed by atoms with Gasteiger partial charge < -0.3 is 19.7 Å². The molecule has 2 rings (SSSR count). The Morgan fingerprint density at radius 1 is 1.50 bits per heavy atom. The lowest BCUT2D eigenvalue weighted by Crippen LogP contribution is -2.28. The number of rotatable bonds is 5. The number of ether oxygens (including phenoxy) is 2. The zero-order chi connectivity index (χ0) is 14.7. The van der Waals surface area contributed by atoms with Crippen molar-refractivity contribution in [3.63, 3.8) is 0 Å². The Bertz CT molecular complexity index is 495. The topological polar surface area (TPSA) is 76.0 Å². The number of aliphatic hydroxyl groups is 1. The fraction of sp³-hybridized carbons (Fsp3) is 0.533. The van der Waals surface area contributed by atoms with Crippen LogP contribution in [0.15, 0.2) is 12.1 Å². The molecule has 2 atom stereocenters. The molecule has 1 aromatic carbocycles. The number of fused-ring (bicyclic) bond motifs is 1. The average molecular weight is 280 g/mol. The van der Waals surface area contributed by atoms with Crippen LogP contribution in [-0.2, 0) is 11.2 Å².